The molecular weight excluding hydrogens is 172 g/mol. The van der Waals surface area contributed by atoms with Crippen molar-refractivity contribution in [2.45, 2.75) is 0 Å². The molecule has 0 amide bonds. The van der Waals surface area contributed by atoms with Gasteiger partial charge in [-0.2, -0.15) is 5.26 Å². The number of nitriles is 1. The fraction of sp³-hybridized carbons (Fsp3) is 0.143. The van der Waals surface area contributed by atoms with Crippen molar-refractivity contribution in [1.82, 2.24) is 9.97 Å². The quantitative estimate of drug-likeness (QED) is 0.593. The molecule has 0 fully saturated rings. The van der Waals surface area contributed by atoms with E-state index in [1.807, 2.05) is 0 Å². The fourth-order valence-corrected chi connectivity index (χ4v) is 0.699. The maximum atomic E-state index is 11.0. The van der Waals surface area contributed by atoms with E-state index in [2.05, 4.69) is 14.7 Å². The summed E-state index contributed by atoms with van der Waals surface area (Å²) in [6, 6.07) is 1.74. The van der Waals surface area contributed by atoms with Gasteiger partial charge >= 0.3 is 5.97 Å². The summed E-state index contributed by atoms with van der Waals surface area (Å²) in [5, 5.41) is 8.46. The molecule has 0 saturated heterocycles. The van der Waals surface area contributed by atoms with Crippen LogP contribution in [0.4, 0.5) is 5.82 Å². The molecular formula is C7H6N4O2. The highest BCUT2D eigenvalue weighted by molar-refractivity contribution is 5.91. The number of aromatic nitrogens is 2. The Balaban J connectivity index is 3.20. The van der Waals surface area contributed by atoms with Gasteiger partial charge in [0, 0.05) is 0 Å². The van der Waals surface area contributed by atoms with E-state index in [9.17, 15) is 4.79 Å². The first-order chi connectivity index (χ1) is 6.19. The molecule has 0 bridgehead atoms. The van der Waals surface area contributed by atoms with Crippen LogP contribution < -0.4 is 5.73 Å². The Morgan fingerprint density at radius 3 is 3.00 bits per heavy atom. The van der Waals surface area contributed by atoms with E-state index in [4.69, 9.17) is 11.0 Å². The van der Waals surface area contributed by atoms with E-state index in [-0.39, 0.29) is 17.2 Å². The number of anilines is 1. The second-order valence-corrected chi connectivity index (χ2v) is 2.09. The van der Waals surface area contributed by atoms with Crippen molar-refractivity contribution in [2.75, 3.05) is 12.8 Å². The molecule has 0 aliphatic heterocycles. The van der Waals surface area contributed by atoms with Gasteiger partial charge in [-0.3, -0.25) is 0 Å². The smallest absolute Gasteiger partial charge is 0.360 e. The summed E-state index contributed by atoms with van der Waals surface area (Å²) in [6.45, 7) is 0. The number of nitrogens with zero attached hydrogens (tertiary/aromatic N) is 3. The van der Waals surface area contributed by atoms with E-state index in [0.717, 1.165) is 0 Å². The third-order valence-corrected chi connectivity index (χ3v) is 1.29. The van der Waals surface area contributed by atoms with Crippen LogP contribution in [0.1, 0.15) is 16.2 Å². The Kier molecular flexibility index (Phi) is 2.40. The van der Waals surface area contributed by atoms with Crippen molar-refractivity contribution in [2.24, 2.45) is 0 Å². The Labute approximate surface area is 74.0 Å². The number of hydrogen-bond acceptors (Lipinski definition) is 6. The molecule has 1 aromatic rings. The van der Waals surface area contributed by atoms with Crippen molar-refractivity contribution in [3.63, 3.8) is 0 Å². The summed E-state index contributed by atoms with van der Waals surface area (Å²) in [5.41, 5.74) is 5.22. The van der Waals surface area contributed by atoms with Crippen LogP contribution >= 0.6 is 0 Å². The number of ether oxygens (including phenoxy) is 1. The van der Waals surface area contributed by atoms with Crippen molar-refractivity contribution >= 4 is 11.8 Å². The van der Waals surface area contributed by atoms with Crippen molar-refractivity contribution < 1.29 is 9.53 Å². The van der Waals surface area contributed by atoms with Gasteiger partial charge in [-0.1, -0.05) is 0 Å². The third-order valence-electron chi connectivity index (χ3n) is 1.29. The average Bonchev–Trinajstić information content (AvgIpc) is 2.17. The number of methoxy groups -OCH3 is 1. The second-order valence-electron chi connectivity index (χ2n) is 2.09. The molecule has 66 valence electrons. The van der Waals surface area contributed by atoms with Crippen molar-refractivity contribution in [3.8, 4) is 6.07 Å². The third kappa shape index (κ3) is 1.70. The number of nitrogens with two attached hydrogens (primary N) is 1. The van der Waals surface area contributed by atoms with Crippen LogP contribution in [0.2, 0.25) is 0 Å². The lowest BCUT2D eigenvalue weighted by atomic mass is 10.4. The predicted molar refractivity (Wildman–Crippen MR) is 42.5 cm³/mol. The van der Waals surface area contributed by atoms with E-state index in [1.54, 1.807) is 6.07 Å². The SMILES string of the molecule is COC(=O)c1nc(C#N)cnc1N. The summed E-state index contributed by atoms with van der Waals surface area (Å²) >= 11 is 0. The van der Waals surface area contributed by atoms with Gasteiger partial charge in [-0.25, -0.2) is 14.8 Å². The molecule has 6 heteroatoms. The Morgan fingerprint density at radius 2 is 2.46 bits per heavy atom. The van der Waals surface area contributed by atoms with Gasteiger partial charge in [0.15, 0.2) is 17.2 Å². The molecule has 0 radical (unpaired) electrons. The molecule has 2 N–H and O–H groups in total. The first kappa shape index (κ1) is 8.93. The first-order valence-electron chi connectivity index (χ1n) is 3.30. The van der Waals surface area contributed by atoms with Gasteiger partial charge in [-0.05, 0) is 0 Å². The van der Waals surface area contributed by atoms with Crippen LogP contribution in [0, 0.1) is 11.3 Å². The molecule has 0 unspecified atom stereocenters. The lowest BCUT2D eigenvalue weighted by molar-refractivity contribution is 0.0595. The minimum Gasteiger partial charge on any atom is -0.464 e. The monoisotopic (exact) mass is 178 g/mol. The summed E-state index contributed by atoms with van der Waals surface area (Å²) in [7, 11) is 1.20. The normalized spacial score (nSPS) is 8.92. The summed E-state index contributed by atoms with van der Waals surface area (Å²) < 4.78 is 4.39. The Morgan fingerprint density at radius 1 is 1.77 bits per heavy atom. The highest BCUT2D eigenvalue weighted by Crippen LogP contribution is 2.06. The van der Waals surface area contributed by atoms with Crippen molar-refractivity contribution in [3.05, 3.63) is 17.6 Å². The van der Waals surface area contributed by atoms with Crippen LogP contribution in [-0.2, 0) is 4.74 Å². The average molecular weight is 178 g/mol. The topological polar surface area (TPSA) is 102 Å². The van der Waals surface area contributed by atoms with Crippen LogP contribution in [0.15, 0.2) is 6.20 Å². The molecule has 1 heterocycles. The maximum Gasteiger partial charge on any atom is 0.360 e. The number of hydrogen-bond donors (Lipinski definition) is 1. The number of esters is 1. The minimum absolute atomic E-state index is 0.0228. The molecule has 0 aliphatic rings. The second kappa shape index (κ2) is 3.49. The highest BCUT2D eigenvalue weighted by Gasteiger charge is 2.13. The van der Waals surface area contributed by atoms with E-state index in [0.29, 0.717) is 0 Å². The molecule has 1 rings (SSSR count). The molecule has 6 nitrogen and oxygen atoms in total. The molecule has 0 aliphatic carbocycles. The van der Waals surface area contributed by atoms with Crippen LogP contribution in [0.25, 0.3) is 0 Å². The van der Waals surface area contributed by atoms with Gasteiger partial charge in [-0.15, -0.1) is 0 Å². The number of rotatable bonds is 1. The zero-order chi connectivity index (χ0) is 9.84. The van der Waals surface area contributed by atoms with Gasteiger partial charge < -0.3 is 10.5 Å². The van der Waals surface area contributed by atoms with E-state index >= 15 is 0 Å². The van der Waals surface area contributed by atoms with E-state index in [1.165, 1.54) is 13.3 Å². The standard InChI is InChI=1S/C7H6N4O2/c1-13-7(12)5-6(9)10-3-4(2-8)11-5/h3H,1H3,(H2,9,10). The van der Waals surface area contributed by atoms with Gasteiger partial charge in [0.05, 0.1) is 13.3 Å². The zero-order valence-electron chi connectivity index (χ0n) is 6.81. The number of nitrogen functional groups attached to an aromatic ring is 1. The van der Waals surface area contributed by atoms with Crippen LogP contribution in [0.3, 0.4) is 0 Å². The summed E-state index contributed by atoms with van der Waals surface area (Å²) in [5.74, 6) is -0.757. The van der Waals surface area contributed by atoms with Crippen LogP contribution in [0.5, 0.6) is 0 Å². The fourth-order valence-electron chi connectivity index (χ4n) is 0.699. The maximum absolute atomic E-state index is 11.0. The number of carbonyl (C=O) groups is 1. The molecule has 0 atom stereocenters. The molecule has 0 aromatic carbocycles. The lowest BCUT2D eigenvalue weighted by Crippen LogP contribution is -2.10. The molecule has 0 saturated carbocycles. The predicted octanol–water partition coefficient (Wildman–Crippen LogP) is -0.283. The minimum atomic E-state index is -0.706. The Hall–Kier alpha value is -2.16. The molecule has 1 aromatic heterocycles. The highest BCUT2D eigenvalue weighted by atomic mass is 16.5. The van der Waals surface area contributed by atoms with Gasteiger partial charge in [0.1, 0.15) is 6.07 Å². The number of carbonyl (C=O) groups excluding carboxylic acids is 1. The van der Waals surface area contributed by atoms with Gasteiger partial charge in [0.25, 0.3) is 0 Å². The zero-order valence-corrected chi connectivity index (χ0v) is 6.81. The first-order valence-corrected chi connectivity index (χ1v) is 3.30. The summed E-state index contributed by atoms with van der Waals surface area (Å²) in [4.78, 5) is 18.2. The summed E-state index contributed by atoms with van der Waals surface area (Å²) in [6.07, 6.45) is 1.18. The lowest BCUT2D eigenvalue weighted by Gasteiger charge is -2.00. The molecule has 0 spiro atoms. The molecule has 13 heavy (non-hydrogen) atoms. The van der Waals surface area contributed by atoms with E-state index < -0.39 is 5.97 Å². The van der Waals surface area contributed by atoms with Crippen LogP contribution in [-0.4, -0.2) is 23.0 Å². The van der Waals surface area contributed by atoms with Crippen molar-refractivity contribution in [1.29, 1.82) is 5.26 Å². The largest absolute Gasteiger partial charge is 0.464 e. The Bertz CT molecular complexity index is 383. The van der Waals surface area contributed by atoms with Gasteiger partial charge in [0.2, 0.25) is 0 Å².